The molecule has 0 saturated carbocycles. The molecule has 8 unspecified atom stereocenters. The van der Waals surface area contributed by atoms with Gasteiger partial charge in [-0.1, -0.05) is 55.0 Å². The minimum Gasteiger partial charge on any atom is -0.506 e. The van der Waals surface area contributed by atoms with Crippen molar-refractivity contribution in [1.82, 2.24) is 14.8 Å². The largest absolute Gasteiger partial charge is 0.506 e. The minimum absolute atomic E-state index is 0.221. The lowest BCUT2D eigenvalue weighted by molar-refractivity contribution is -0.113. The van der Waals surface area contributed by atoms with Gasteiger partial charge in [0.05, 0.1) is 6.10 Å². The Kier molecular flexibility index (Phi) is 9.70. The van der Waals surface area contributed by atoms with Crippen molar-refractivity contribution >= 4 is 17.0 Å². The van der Waals surface area contributed by atoms with Crippen molar-refractivity contribution in [3.63, 3.8) is 0 Å². The molecule has 6 heterocycles. The Bertz CT molecular complexity index is 1480. The lowest BCUT2D eigenvalue weighted by atomic mass is 9.52. The number of pyridine rings is 1. The van der Waals surface area contributed by atoms with Crippen LogP contribution in [-0.2, 0) is 12.8 Å². The fourth-order valence-electron chi connectivity index (χ4n) is 10.3. The Morgan fingerprint density at radius 1 is 1.00 bits per heavy atom. The number of piperidine rings is 2. The van der Waals surface area contributed by atoms with Crippen molar-refractivity contribution in [2.75, 3.05) is 39.3 Å². The average Bonchev–Trinajstić information content (AvgIpc) is 3.05. The molecule has 4 N–H and O–H groups in total. The van der Waals surface area contributed by atoms with E-state index in [2.05, 4.69) is 53.2 Å². The third-order valence-electron chi connectivity index (χ3n) is 12.3. The number of nitrogens with two attached hydrogens (primary N) is 1. The molecule has 6 heteroatoms. The van der Waals surface area contributed by atoms with Gasteiger partial charge in [-0.2, -0.15) is 0 Å². The number of benzene rings is 1. The van der Waals surface area contributed by atoms with E-state index in [1.54, 1.807) is 11.6 Å². The van der Waals surface area contributed by atoms with Gasteiger partial charge < -0.3 is 20.8 Å². The van der Waals surface area contributed by atoms with Gasteiger partial charge in [-0.15, -0.1) is 0 Å². The Balaban J connectivity index is 1.27. The zero-order valence-corrected chi connectivity index (χ0v) is 28.0. The third-order valence-corrected chi connectivity index (χ3v) is 12.3. The van der Waals surface area contributed by atoms with Gasteiger partial charge in [-0.3, -0.25) is 4.90 Å². The van der Waals surface area contributed by atoms with Crippen LogP contribution in [0.15, 0.2) is 48.1 Å². The second kappa shape index (κ2) is 13.9. The van der Waals surface area contributed by atoms with Crippen molar-refractivity contribution in [3.8, 4) is 5.75 Å². The number of phenolic OH excluding ortho intramolecular Hbond substituents is 1. The number of aromatic nitrogens is 1. The van der Waals surface area contributed by atoms with E-state index in [1.807, 2.05) is 6.07 Å². The predicted octanol–water partition coefficient (Wildman–Crippen LogP) is 6.64. The molecular formula is C40H56N4O2. The number of aromatic hydroxyl groups is 1. The topological polar surface area (TPSA) is 85.8 Å². The minimum atomic E-state index is -0.221. The van der Waals surface area contributed by atoms with Gasteiger partial charge in [0.2, 0.25) is 0 Å². The molecule has 46 heavy (non-hydrogen) atoms. The highest BCUT2D eigenvalue weighted by Crippen LogP contribution is 2.57. The van der Waals surface area contributed by atoms with Gasteiger partial charge in [0, 0.05) is 42.2 Å². The van der Waals surface area contributed by atoms with Crippen LogP contribution >= 0.6 is 0 Å². The molecule has 2 aromatic rings. The molecule has 0 radical (unpaired) electrons. The van der Waals surface area contributed by atoms with Crippen LogP contribution in [-0.4, -0.2) is 76.4 Å². The van der Waals surface area contributed by atoms with Crippen LogP contribution in [0.25, 0.3) is 17.0 Å². The van der Waals surface area contributed by atoms with Gasteiger partial charge in [0.25, 0.3) is 0 Å². The molecule has 5 aliphatic heterocycles. The number of hydrogen-bond donors (Lipinski definition) is 3. The molecule has 6 bridgehead atoms. The lowest BCUT2D eigenvalue weighted by Gasteiger charge is -2.64. The van der Waals surface area contributed by atoms with E-state index in [0.717, 1.165) is 101 Å². The molecule has 1 aromatic heterocycles. The molecule has 1 aliphatic carbocycles. The van der Waals surface area contributed by atoms with Crippen molar-refractivity contribution in [1.29, 1.82) is 0 Å². The van der Waals surface area contributed by atoms with Gasteiger partial charge >= 0.3 is 0 Å². The van der Waals surface area contributed by atoms with Crippen LogP contribution in [0.1, 0.15) is 88.0 Å². The molecule has 0 amide bonds. The van der Waals surface area contributed by atoms with E-state index in [0.29, 0.717) is 29.9 Å². The second-order valence-corrected chi connectivity index (χ2v) is 15.2. The average molecular weight is 625 g/mol. The molecule has 8 atom stereocenters. The van der Waals surface area contributed by atoms with Crippen LogP contribution in [0, 0.1) is 23.2 Å². The monoisotopic (exact) mass is 624 g/mol. The number of hydrogen-bond acceptors (Lipinski definition) is 6. The van der Waals surface area contributed by atoms with Gasteiger partial charge in [0.1, 0.15) is 11.3 Å². The summed E-state index contributed by atoms with van der Waals surface area (Å²) in [6.45, 7) is 8.49. The summed E-state index contributed by atoms with van der Waals surface area (Å²) >= 11 is 0. The van der Waals surface area contributed by atoms with Gasteiger partial charge in [0.15, 0.2) is 0 Å². The highest BCUT2D eigenvalue weighted by molar-refractivity contribution is 5.90. The summed E-state index contributed by atoms with van der Waals surface area (Å²) in [5.74, 6) is 1.92. The Morgan fingerprint density at radius 3 is 2.78 bits per heavy atom. The summed E-state index contributed by atoms with van der Waals surface area (Å²) in [5, 5.41) is 22.9. The van der Waals surface area contributed by atoms with Crippen molar-refractivity contribution in [2.24, 2.45) is 28.9 Å². The maximum absolute atomic E-state index is 11.1. The number of phenols is 1. The number of fused-ring (bicyclic) bond motifs is 3. The Labute approximate surface area is 276 Å². The molecule has 2 fully saturated rings. The highest BCUT2D eigenvalue weighted by Gasteiger charge is 2.58. The van der Waals surface area contributed by atoms with E-state index in [4.69, 9.17) is 10.7 Å². The SMILES string of the molecule is CC1CN2CCC3C4C=C(CC/C=C\CCCC1O)C1N(CCCCc5nc6c(O)cccc6c(CCN)c5/C=C\CCC31C2)C4. The van der Waals surface area contributed by atoms with Crippen LogP contribution < -0.4 is 5.73 Å². The number of aryl methyl sites for hydroxylation is 1. The normalized spacial score (nSPS) is 36.7. The number of aliphatic hydroxyl groups is 1. The quantitative estimate of drug-likeness (QED) is 0.325. The van der Waals surface area contributed by atoms with Crippen LogP contribution in [0.3, 0.4) is 0 Å². The van der Waals surface area contributed by atoms with E-state index in [-0.39, 0.29) is 17.3 Å². The Morgan fingerprint density at radius 2 is 1.89 bits per heavy atom. The second-order valence-electron chi connectivity index (χ2n) is 15.2. The summed E-state index contributed by atoms with van der Waals surface area (Å²) in [6, 6.07) is 6.28. The molecule has 6 nitrogen and oxygen atoms in total. The summed E-state index contributed by atoms with van der Waals surface area (Å²) < 4.78 is 0. The van der Waals surface area contributed by atoms with Gasteiger partial charge in [-0.25, -0.2) is 4.98 Å². The molecule has 2 saturated heterocycles. The van der Waals surface area contributed by atoms with Crippen LogP contribution in [0.5, 0.6) is 5.75 Å². The molecule has 1 spiro atoms. The first kappa shape index (κ1) is 32.1. The number of rotatable bonds is 2. The van der Waals surface area contributed by atoms with E-state index in [9.17, 15) is 10.2 Å². The molecular weight excluding hydrogens is 568 g/mol. The first-order chi connectivity index (χ1) is 22.5. The fraction of sp³-hybridized carbons (Fsp3) is 0.625. The van der Waals surface area contributed by atoms with E-state index in [1.165, 1.54) is 36.9 Å². The third kappa shape index (κ3) is 6.11. The molecule has 6 aliphatic rings. The Hall–Kier alpha value is -2.51. The van der Waals surface area contributed by atoms with Crippen molar-refractivity contribution in [2.45, 2.75) is 96.1 Å². The smallest absolute Gasteiger partial charge is 0.141 e. The van der Waals surface area contributed by atoms with Gasteiger partial charge in [-0.05, 0) is 132 Å². The van der Waals surface area contributed by atoms with E-state index >= 15 is 0 Å². The highest BCUT2D eigenvalue weighted by atomic mass is 16.3. The molecule has 248 valence electrons. The van der Waals surface area contributed by atoms with E-state index < -0.39 is 0 Å². The summed E-state index contributed by atoms with van der Waals surface area (Å²) in [5.41, 5.74) is 12.4. The number of para-hydroxylation sites is 1. The first-order valence-electron chi connectivity index (χ1n) is 18.5. The fourth-order valence-corrected chi connectivity index (χ4v) is 10.3. The summed E-state index contributed by atoms with van der Waals surface area (Å²) in [6.07, 6.45) is 24.9. The zero-order valence-electron chi connectivity index (χ0n) is 28.0. The summed E-state index contributed by atoms with van der Waals surface area (Å²) in [4.78, 5) is 10.8. The van der Waals surface area contributed by atoms with Crippen LogP contribution in [0.2, 0.25) is 0 Å². The molecule has 1 aromatic carbocycles. The predicted molar refractivity (Wildman–Crippen MR) is 189 cm³/mol. The number of aliphatic hydroxyl groups excluding tert-OH is 1. The first-order valence-corrected chi connectivity index (χ1v) is 18.5. The van der Waals surface area contributed by atoms with Crippen molar-refractivity contribution in [3.05, 3.63) is 64.9 Å². The summed E-state index contributed by atoms with van der Waals surface area (Å²) in [7, 11) is 0. The maximum Gasteiger partial charge on any atom is 0.141 e. The lowest BCUT2D eigenvalue weighted by Crippen LogP contribution is -2.68. The standard InChI is InChI=1S/C40H56N4O2/c1-28-25-43-23-19-34-30-24-29(12-5-3-2-4-6-16-36(28)45)39-40(34,27-43)20-9-7-13-32-31(18-21-41)33-14-11-17-37(46)38(33)42-35(32)15-8-10-22-44(39)26-30/h2-3,7,11,13-14,17,24,28,30,34,36,39,45-46H,4-6,8-10,12,15-16,18-23,25-27,41H2,1H3/b3-2-,13-7-. The molecule has 8 rings (SSSR count). The zero-order chi connectivity index (χ0) is 31.7. The number of nitrogens with zero attached hydrogens (tertiary/aromatic N) is 3. The number of allylic oxidation sites excluding steroid dienone is 3. The maximum atomic E-state index is 11.1. The van der Waals surface area contributed by atoms with Crippen LogP contribution in [0.4, 0.5) is 0 Å². The van der Waals surface area contributed by atoms with Crippen molar-refractivity contribution < 1.29 is 10.2 Å².